The largest absolute Gasteiger partial charge is 0.573 e. The zero-order chi connectivity index (χ0) is 35.0. The summed E-state index contributed by atoms with van der Waals surface area (Å²) in [6.07, 6.45) is 1.75. The number of unbranched alkanes of at least 4 members (excludes halogenated alkanes) is 1. The summed E-state index contributed by atoms with van der Waals surface area (Å²) in [7, 11) is 0. The van der Waals surface area contributed by atoms with E-state index in [1.54, 1.807) is 12.1 Å². The first-order chi connectivity index (χ1) is 24.0. The minimum absolute atomic E-state index is 0.134. The highest BCUT2D eigenvalue weighted by molar-refractivity contribution is 6.36. The van der Waals surface area contributed by atoms with E-state index in [4.69, 9.17) is 28.9 Å². The van der Waals surface area contributed by atoms with Gasteiger partial charge in [0, 0.05) is 89.5 Å². The molecule has 3 aromatic carbocycles. The van der Waals surface area contributed by atoms with Gasteiger partial charge in [0.05, 0.1) is 5.54 Å². The average Bonchev–Trinajstić information content (AvgIpc) is 3.77. The molecule has 0 saturated carbocycles. The maximum atomic E-state index is 12.9. The van der Waals surface area contributed by atoms with Gasteiger partial charge >= 0.3 is 6.36 Å². The first kappa shape index (κ1) is 35.3. The Hall–Kier alpha value is -3.12. The lowest BCUT2D eigenvalue weighted by molar-refractivity contribution is -0.274. The summed E-state index contributed by atoms with van der Waals surface area (Å²) in [6.45, 7) is 5.69. The molecule has 4 aromatic rings. The smallest absolute Gasteiger partial charge is 0.406 e. The highest BCUT2D eigenvalue weighted by Crippen LogP contribution is 2.37. The third kappa shape index (κ3) is 7.71. The SMILES string of the molecule is NC1(C(=O)CCCCn2cc(-c3ccc(OC(F)(F)F)cc3)c3cc(CN4CC5CC4CN5Cc4c(Cl)cccc4Cl)ccc32)CCNCC1. The predicted octanol–water partition coefficient (Wildman–Crippen LogP) is 7.79. The van der Waals surface area contributed by atoms with Gasteiger partial charge in [-0.15, -0.1) is 13.2 Å². The number of ketones is 1. The number of piperazine rings is 1. The van der Waals surface area contributed by atoms with Crippen LogP contribution in [0.15, 0.2) is 66.9 Å². The number of aryl methyl sites for hydroxylation is 1. The van der Waals surface area contributed by atoms with Crippen LogP contribution in [-0.4, -0.2) is 70.3 Å². The summed E-state index contributed by atoms with van der Waals surface area (Å²) < 4.78 is 44.9. The number of alkyl halides is 3. The van der Waals surface area contributed by atoms with Crippen molar-refractivity contribution in [3.63, 3.8) is 0 Å². The van der Waals surface area contributed by atoms with Crippen LogP contribution in [0.3, 0.4) is 0 Å². The second kappa shape index (κ2) is 14.5. The summed E-state index contributed by atoms with van der Waals surface area (Å²) in [5.74, 6) is -0.119. The Labute approximate surface area is 300 Å². The van der Waals surface area contributed by atoms with E-state index in [-0.39, 0.29) is 11.5 Å². The van der Waals surface area contributed by atoms with Crippen LogP contribution in [-0.2, 0) is 24.4 Å². The molecule has 4 heterocycles. The van der Waals surface area contributed by atoms with E-state index < -0.39 is 11.9 Å². The molecule has 0 aliphatic carbocycles. The van der Waals surface area contributed by atoms with Crippen LogP contribution in [0.2, 0.25) is 10.0 Å². The van der Waals surface area contributed by atoms with Crippen molar-refractivity contribution in [1.82, 2.24) is 19.7 Å². The first-order valence-electron chi connectivity index (χ1n) is 17.4. The number of nitrogens with zero attached hydrogens (tertiary/aromatic N) is 3. The van der Waals surface area contributed by atoms with E-state index in [2.05, 4.69) is 48.8 Å². The van der Waals surface area contributed by atoms with Crippen LogP contribution >= 0.6 is 23.2 Å². The molecule has 3 saturated heterocycles. The van der Waals surface area contributed by atoms with Gasteiger partial charge in [-0.25, -0.2) is 0 Å². The third-order valence-corrected chi connectivity index (χ3v) is 11.4. The maximum Gasteiger partial charge on any atom is 0.573 e. The van der Waals surface area contributed by atoms with E-state index in [0.29, 0.717) is 47.9 Å². The number of aromatic nitrogens is 1. The molecular formula is C38H42Cl2F3N5O2. The van der Waals surface area contributed by atoms with Crippen molar-refractivity contribution >= 4 is 39.9 Å². The van der Waals surface area contributed by atoms with Gasteiger partial charge in [-0.1, -0.05) is 47.5 Å². The molecule has 3 N–H and O–H groups in total. The number of ether oxygens (including phenoxy) is 1. The van der Waals surface area contributed by atoms with Crippen LogP contribution in [0.1, 0.15) is 49.7 Å². The lowest BCUT2D eigenvalue weighted by Crippen LogP contribution is -2.54. The van der Waals surface area contributed by atoms with Crippen LogP contribution in [0.4, 0.5) is 13.2 Å². The summed E-state index contributed by atoms with van der Waals surface area (Å²) in [6, 6.07) is 19.1. The van der Waals surface area contributed by atoms with E-state index >= 15 is 0 Å². The van der Waals surface area contributed by atoms with Gasteiger partial charge in [-0.3, -0.25) is 14.6 Å². The predicted molar refractivity (Wildman–Crippen MR) is 191 cm³/mol. The number of nitrogens with one attached hydrogen (secondary N) is 1. The number of carbonyl (C=O) groups excluding carboxylic acids is 1. The fourth-order valence-electron chi connectivity index (χ4n) is 8.00. The van der Waals surface area contributed by atoms with Gasteiger partial charge in [0.2, 0.25) is 0 Å². The topological polar surface area (TPSA) is 75.8 Å². The number of rotatable bonds is 12. The van der Waals surface area contributed by atoms with Crippen molar-refractivity contribution in [3.8, 4) is 16.9 Å². The Morgan fingerprint density at radius 3 is 2.28 bits per heavy atom. The fourth-order valence-corrected chi connectivity index (χ4v) is 8.52. The van der Waals surface area contributed by atoms with Gasteiger partial charge < -0.3 is 20.4 Å². The molecule has 2 atom stereocenters. The Kier molecular flexibility index (Phi) is 10.2. The Balaban J connectivity index is 1.06. The van der Waals surface area contributed by atoms with E-state index in [1.807, 2.05) is 18.2 Å². The maximum absolute atomic E-state index is 12.9. The molecule has 266 valence electrons. The monoisotopic (exact) mass is 727 g/mol. The summed E-state index contributed by atoms with van der Waals surface area (Å²) in [5.41, 5.74) is 10.7. The van der Waals surface area contributed by atoms with Crippen LogP contribution < -0.4 is 15.8 Å². The Morgan fingerprint density at radius 1 is 0.940 bits per heavy atom. The van der Waals surface area contributed by atoms with Gasteiger partial charge in [-0.05, 0) is 92.7 Å². The second-order valence-electron chi connectivity index (χ2n) is 14.0. The number of nitrogens with two attached hydrogens (primary N) is 1. The standard InChI is InChI=1S/C38H42Cl2F3N5O2/c39-33-4-3-5-34(40)32(33)24-48-22-27-19-28(48)21-47(27)20-25-7-12-35-30(18-25)31(26-8-10-29(11-9-26)50-38(41,42)43)23-46(35)17-2-1-6-36(49)37(44)13-15-45-16-14-37/h3-5,7-12,18,23,27-28,45H,1-2,6,13-17,19-22,24,44H2. The zero-order valence-corrected chi connectivity index (χ0v) is 29.3. The van der Waals surface area contributed by atoms with Gasteiger partial charge in [0.15, 0.2) is 5.78 Å². The number of likely N-dealkylation sites (tertiary alicyclic amines) is 2. The summed E-state index contributed by atoms with van der Waals surface area (Å²) in [5, 5.41) is 5.71. The molecule has 2 bridgehead atoms. The quantitative estimate of drug-likeness (QED) is 0.145. The van der Waals surface area contributed by atoms with Crippen molar-refractivity contribution in [1.29, 1.82) is 0 Å². The number of hydrogen-bond acceptors (Lipinski definition) is 6. The molecule has 12 heteroatoms. The molecule has 0 radical (unpaired) electrons. The highest BCUT2D eigenvalue weighted by atomic mass is 35.5. The minimum Gasteiger partial charge on any atom is -0.406 e. The van der Waals surface area contributed by atoms with E-state index in [9.17, 15) is 18.0 Å². The third-order valence-electron chi connectivity index (χ3n) is 10.7. The Bertz CT molecular complexity index is 1820. The number of halogens is 5. The minimum atomic E-state index is -4.75. The lowest BCUT2D eigenvalue weighted by Gasteiger charge is -2.34. The van der Waals surface area contributed by atoms with E-state index in [1.165, 1.54) is 17.7 Å². The molecule has 50 heavy (non-hydrogen) atoms. The average molecular weight is 729 g/mol. The number of carbonyl (C=O) groups is 1. The summed E-state index contributed by atoms with van der Waals surface area (Å²) in [4.78, 5) is 18.0. The van der Waals surface area contributed by atoms with Gasteiger partial charge in [0.1, 0.15) is 5.75 Å². The molecule has 1 aromatic heterocycles. The van der Waals surface area contributed by atoms with Crippen molar-refractivity contribution in [2.24, 2.45) is 5.73 Å². The van der Waals surface area contributed by atoms with Gasteiger partial charge in [0.25, 0.3) is 0 Å². The molecule has 3 fully saturated rings. The molecule has 7 rings (SSSR count). The van der Waals surface area contributed by atoms with Gasteiger partial charge in [-0.2, -0.15) is 0 Å². The van der Waals surface area contributed by atoms with Crippen LogP contribution in [0, 0.1) is 0 Å². The molecule has 0 spiro atoms. The van der Waals surface area contributed by atoms with Crippen molar-refractivity contribution in [2.75, 3.05) is 26.2 Å². The molecular weight excluding hydrogens is 686 g/mol. The van der Waals surface area contributed by atoms with E-state index in [0.717, 1.165) is 86.1 Å². The van der Waals surface area contributed by atoms with Crippen molar-refractivity contribution in [2.45, 2.75) is 82.1 Å². The molecule has 2 unspecified atom stereocenters. The first-order valence-corrected chi connectivity index (χ1v) is 18.1. The number of Topliss-reactive ketones (excluding diaryl/α,β-unsaturated/α-hetero) is 1. The number of hydrogen-bond donors (Lipinski definition) is 2. The van der Waals surface area contributed by atoms with Crippen molar-refractivity contribution < 1.29 is 22.7 Å². The second-order valence-corrected chi connectivity index (χ2v) is 14.9. The summed E-state index contributed by atoms with van der Waals surface area (Å²) >= 11 is 12.9. The van der Waals surface area contributed by atoms with Crippen molar-refractivity contribution in [3.05, 3.63) is 88.0 Å². The zero-order valence-electron chi connectivity index (χ0n) is 27.8. The van der Waals surface area contributed by atoms with Crippen LogP contribution in [0.5, 0.6) is 5.75 Å². The van der Waals surface area contributed by atoms with Crippen LogP contribution in [0.25, 0.3) is 22.0 Å². The molecule has 7 nitrogen and oxygen atoms in total. The molecule has 3 aliphatic heterocycles. The fraction of sp³-hybridized carbons (Fsp3) is 0.447. The highest BCUT2D eigenvalue weighted by Gasteiger charge is 2.43. The normalized spacial score (nSPS) is 20.9. The molecule has 0 amide bonds. The number of benzene rings is 3. The number of fused-ring (bicyclic) bond motifs is 3. The Morgan fingerprint density at radius 2 is 1.62 bits per heavy atom. The number of piperidine rings is 1. The lowest BCUT2D eigenvalue weighted by atomic mass is 9.83. The molecule has 3 aliphatic rings.